The minimum Gasteiger partial charge on any atom is -0.365 e. The lowest BCUT2D eigenvalue weighted by Gasteiger charge is -2.13. The van der Waals surface area contributed by atoms with E-state index in [0.717, 1.165) is 11.4 Å². The minimum absolute atomic E-state index is 0.197. The molecular formula is C19H15F2N3O. The van der Waals surface area contributed by atoms with E-state index in [0.29, 0.717) is 17.1 Å². The summed E-state index contributed by atoms with van der Waals surface area (Å²) in [6.07, 6.45) is -1.28. The average Bonchev–Trinajstić information content (AvgIpc) is 2.82. The van der Waals surface area contributed by atoms with Gasteiger partial charge in [0.1, 0.15) is 11.6 Å². The Labute approximate surface area is 143 Å². The summed E-state index contributed by atoms with van der Waals surface area (Å²) in [5, 5.41) is 10.6. The van der Waals surface area contributed by atoms with Gasteiger partial charge < -0.3 is 5.11 Å². The zero-order chi connectivity index (χ0) is 17.7. The molecule has 0 bridgehead atoms. The molecule has 126 valence electrons. The fraction of sp³-hybridized carbons (Fsp3) is 0.158. The summed E-state index contributed by atoms with van der Waals surface area (Å²) in [6.45, 7) is 3.69. The largest absolute Gasteiger partial charge is 0.365 e. The van der Waals surface area contributed by atoms with Crippen LogP contribution >= 0.6 is 0 Å². The van der Waals surface area contributed by atoms with Crippen LogP contribution in [-0.4, -0.2) is 20.4 Å². The Bertz CT molecular complexity index is 1020. The molecule has 1 N–H and O–H groups in total. The van der Waals surface area contributed by atoms with Crippen LogP contribution in [0.4, 0.5) is 8.78 Å². The Morgan fingerprint density at radius 2 is 1.80 bits per heavy atom. The van der Waals surface area contributed by atoms with Crippen LogP contribution in [0, 0.1) is 25.5 Å². The van der Waals surface area contributed by atoms with Crippen LogP contribution in [0.2, 0.25) is 0 Å². The van der Waals surface area contributed by atoms with E-state index < -0.39 is 17.9 Å². The highest BCUT2D eigenvalue weighted by Crippen LogP contribution is 2.32. The van der Waals surface area contributed by atoms with Gasteiger partial charge in [0.15, 0.2) is 5.82 Å². The number of benzene rings is 2. The standard InChI is InChI=1S/C19H15F2N3O/c1-10-11(2)24-16-8-7-12(20)9-14(16)17(23-19(25)18(24)22-10)13-5-3-4-6-15(13)21/h3-9,19,25H,1-2H3. The molecule has 1 unspecified atom stereocenters. The number of rotatable bonds is 1. The monoisotopic (exact) mass is 339 g/mol. The number of aryl methyl sites for hydroxylation is 1. The second-order valence-electron chi connectivity index (χ2n) is 5.97. The summed E-state index contributed by atoms with van der Waals surface area (Å²) < 4.78 is 30.0. The van der Waals surface area contributed by atoms with Crippen molar-refractivity contribution in [3.05, 3.63) is 82.4 Å². The van der Waals surface area contributed by atoms with Gasteiger partial charge in [0, 0.05) is 16.8 Å². The molecule has 6 heteroatoms. The molecule has 2 heterocycles. The third-order valence-corrected chi connectivity index (χ3v) is 4.44. The van der Waals surface area contributed by atoms with Gasteiger partial charge in [-0.3, -0.25) is 4.57 Å². The smallest absolute Gasteiger partial charge is 0.205 e. The molecule has 4 rings (SSSR count). The van der Waals surface area contributed by atoms with Crippen molar-refractivity contribution in [2.75, 3.05) is 0 Å². The van der Waals surface area contributed by atoms with Crippen molar-refractivity contribution in [2.45, 2.75) is 20.1 Å². The Morgan fingerprint density at radius 3 is 2.56 bits per heavy atom. The molecule has 1 aliphatic rings. The summed E-state index contributed by atoms with van der Waals surface area (Å²) in [4.78, 5) is 8.65. The van der Waals surface area contributed by atoms with E-state index in [4.69, 9.17) is 0 Å². The normalized spacial score (nSPS) is 16.0. The Hall–Kier alpha value is -2.86. The maximum absolute atomic E-state index is 14.3. The van der Waals surface area contributed by atoms with Crippen LogP contribution in [0.1, 0.15) is 34.6 Å². The van der Waals surface area contributed by atoms with Gasteiger partial charge in [-0.15, -0.1) is 0 Å². The highest BCUT2D eigenvalue weighted by Gasteiger charge is 2.28. The lowest BCUT2D eigenvalue weighted by Crippen LogP contribution is -2.10. The van der Waals surface area contributed by atoms with Crippen LogP contribution in [-0.2, 0) is 0 Å². The van der Waals surface area contributed by atoms with Gasteiger partial charge in [0.2, 0.25) is 6.23 Å². The van der Waals surface area contributed by atoms with Crippen LogP contribution in [0.5, 0.6) is 0 Å². The summed E-state index contributed by atoms with van der Waals surface area (Å²) in [7, 11) is 0. The highest BCUT2D eigenvalue weighted by atomic mass is 19.1. The van der Waals surface area contributed by atoms with Crippen molar-refractivity contribution in [3.8, 4) is 5.69 Å². The molecular weight excluding hydrogens is 324 g/mol. The van der Waals surface area contributed by atoms with E-state index in [-0.39, 0.29) is 11.3 Å². The Kier molecular flexibility index (Phi) is 3.51. The van der Waals surface area contributed by atoms with Crippen LogP contribution in [0.15, 0.2) is 47.5 Å². The van der Waals surface area contributed by atoms with Gasteiger partial charge >= 0.3 is 0 Å². The first-order chi connectivity index (χ1) is 12.0. The molecule has 25 heavy (non-hydrogen) atoms. The van der Waals surface area contributed by atoms with Gasteiger partial charge in [-0.05, 0) is 44.2 Å². The van der Waals surface area contributed by atoms with E-state index in [1.54, 1.807) is 28.8 Å². The van der Waals surface area contributed by atoms with Gasteiger partial charge in [-0.2, -0.15) is 0 Å². The summed E-state index contributed by atoms with van der Waals surface area (Å²) in [5.41, 5.74) is 2.97. The van der Waals surface area contributed by atoms with Crippen molar-refractivity contribution < 1.29 is 13.9 Å². The fourth-order valence-corrected chi connectivity index (χ4v) is 3.12. The zero-order valence-electron chi connectivity index (χ0n) is 13.7. The maximum Gasteiger partial charge on any atom is 0.205 e. The van der Waals surface area contributed by atoms with E-state index in [9.17, 15) is 13.9 Å². The molecule has 0 saturated heterocycles. The lowest BCUT2D eigenvalue weighted by molar-refractivity contribution is 0.177. The SMILES string of the molecule is Cc1nc2n(c1C)-c1ccc(F)cc1C(c1ccccc1F)=NC2O. The van der Waals surface area contributed by atoms with Gasteiger partial charge in [-0.25, -0.2) is 18.8 Å². The molecule has 0 amide bonds. The Balaban J connectivity index is 2.08. The van der Waals surface area contributed by atoms with Crippen LogP contribution in [0.3, 0.4) is 0 Å². The van der Waals surface area contributed by atoms with Gasteiger partial charge in [-0.1, -0.05) is 12.1 Å². The molecule has 4 nitrogen and oxygen atoms in total. The number of aliphatic hydroxyl groups excluding tert-OH is 1. The second kappa shape index (κ2) is 5.60. The number of aliphatic hydroxyl groups is 1. The summed E-state index contributed by atoms with van der Waals surface area (Å²) in [5.74, 6) is -0.625. The topological polar surface area (TPSA) is 50.4 Å². The van der Waals surface area contributed by atoms with Crippen molar-refractivity contribution in [2.24, 2.45) is 4.99 Å². The maximum atomic E-state index is 14.3. The van der Waals surface area contributed by atoms with Crippen molar-refractivity contribution in [1.82, 2.24) is 9.55 Å². The van der Waals surface area contributed by atoms with E-state index >= 15 is 0 Å². The number of halogens is 2. The van der Waals surface area contributed by atoms with Crippen LogP contribution < -0.4 is 0 Å². The predicted octanol–water partition coefficient (Wildman–Crippen LogP) is 3.61. The number of fused-ring (bicyclic) bond motifs is 3. The minimum atomic E-state index is -1.28. The third-order valence-electron chi connectivity index (χ3n) is 4.44. The highest BCUT2D eigenvalue weighted by molar-refractivity contribution is 6.15. The van der Waals surface area contributed by atoms with E-state index in [1.165, 1.54) is 18.2 Å². The molecule has 0 radical (unpaired) electrons. The van der Waals surface area contributed by atoms with Crippen molar-refractivity contribution >= 4 is 5.71 Å². The molecule has 1 aromatic heterocycles. The molecule has 0 fully saturated rings. The third kappa shape index (κ3) is 2.37. The van der Waals surface area contributed by atoms with E-state index in [1.807, 2.05) is 13.8 Å². The number of nitrogens with zero attached hydrogens (tertiary/aromatic N) is 3. The van der Waals surface area contributed by atoms with Crippen LogP contribution in [0.25, 0.3) is 5.69 Å². The lowest BCUT2D eigenvalue weighted by atomic mass is 9.99. The number of imidazole rings is 1. The number of aromatic nitrogens is 2. The summed E-state index contributed by atoms with van der Waals surface area (Å²) >= 11 is 0. The molecule has 0 saturated carbocycles. The first kappa shape index (κ1) is 15.7. The summed E-state index contributed by atoms with van der Waals surface area (Å²) in [6, 6.07) is 10.3. The number of hydrogen-bond acceptors (Lipinski definition) is 3. The molecule has 3 aromatic rings. The Morgan fingerprint density at radius 1 is 1.04 bits per heavy atom. The fourth-order valence-electron chi connectivity index (χ4n) is 3.12. The number of hydrogen-bond donors (Lipinski definition) is 1. The molecule has 2 aromatic carbocycles. The van der Waals surface area contributed by atoms with E-state index in [2.05, 4.69) is 9.98 Å². The number of aliphatic imine (C=N–C) groups is 1. The molecule has 0 aliphatic carbocycles. The first-order valence-corrected chi connectivity index (χ1v) is 7.84. The molecule has 1 aliphatic heterocycles. The predicted molar refractivity (Wildman–Crippen MR) is 90.0 cm³/mol. The average molecular weight is 339 g/mol. The van der Waals surface area contributed by atoms with Crippen molar-refractivity contribution in [3.63, 3.8) is 0 Å². The van der Waals surface area contributed by atoms with Crippen molar-refractivity contribution in [1.29, 1.82) is 0 Å². The molecule has 1 atom stereocenters. The zero-order valence-corrected chi connectivity index (χ0v) is 13.7. The van der Waals surface area contributed by atoms with Gasteiger partial charge in [0.25, 0.3) is 0 Å². The van der Waals surface area contributed by atoms with Gasteiger partial charge in [0.05, 0.1) is 17.1 Å². The first-order valence-electron chi connectivity index (χ1n) is 7.84. The quantitative estimate of drug-likeness (QED) is 0.736. The molecule has 0 spiro atoms. The second-order valence-corrected chi connectivity index (χ2v) is 5.97.